The van der Waals surface area contributed by atoms with E-state index < -0.39 is 6.04 Å². The first kappa shape index (κ1) is 14.6. The minimum Gasteiger partial charge on any atom is -0.324 e. The van der Waals surface area contributed by atoms with Crippen molar-refractivity contribution in [3.63, 3.8) is 0 Å². The van der Waals surface area contributed by atoms with Gasteiger partial charge in [0.15, 0.2) is 0 Å². The van der Waals surface area contributed by atoms with E-state index in [4.69, 9.17) is 40.5 Å². The summed E-state index contributed by atoms with van der Waals surface area (Å²) in [5.74, 6) is -0.389. The molecule has 2 aromatic carbocycles. The van der Waals surface area contributed by atoms with Gasteiger partial charge in [0.1, 0.15) is 5.82 Å². The van der Waals surface area contributed by atoms with Crippen LogP contribution in [0.3, 0.4) is 0 Å². The summed E-state index contributed by atoms with van der Waals surface area (Å²) in [5, 5.41) is 1.48. The fourth-order valence-electron chi connectivity index (χ4n) is 1.86. The van der Waals surface area contributed by atoms with Gasteiger partial charge in [0, 0.05) is 26.7 Å². The van der Waals surface area contributed by atoms with Gasteiger partial charge >= 0.3 is 0 Å². The van der Waals surface area contributed by atoms with E-state index in [0.29, 0.717) is 32.6 Å². The van der Waals surface area contributed by atoms with Crippen molar-refractivity contribution < 1.29 is 4.39 Å². The van der Waals surface area contributed by atoms with Crippen molar-refractivity contribution in [2.45, 2.75) is 12.5 Å². The molecule has 100 valence electrons. The van der Waals surface area contributed by atoms with Crippen LogP contribution >= 0.6 is 34.8 Å². The summed E-state index contributed by atoms with van der Waals surface area (Å²) in [4.78, 5) is 0. The Morgan fingerprint density at radius 1 is 1.05 bits per heavy atom. The average Bonchev–Trinajstić information content (AvgIpc) is 2.37. The summed E-state index contributed by atoms with van der Waals surface area (Å²) >= 11 is 18.0. The largest absolute Gasteiger partial charge is 0.324 e. The summed E-state index contributed by atoms with van der Waals surface area (Å²) in [7, 11) is 0. The van der Waals surface area contributed by atoms with Crippen LogP contribution in [-0.2, 0) is 6.42 Å². The first-order valence-electron chi connectivity index (χ1n) is 5.62. The fourth-order valence-corrected chi connectivity index (χ4v) is 2.59. The maximum Gasteiger partial charge on any atom is 0.128 e. The topological polar surface area (TPSA) is 26.0 Å². The van der Waals surface area contributed by atoms with E-state index in [9.17, 15) is 4.39 Å². The van der Waals surface area contributed by atoms with Crippen LogP contribution in [0, 0.1) is 5.82 Å². The third-order valence-electron chi connectivity index (χ3n) is 2.84. The second kappa shape index (κ2) is 6.10. The zero-order valence-corrected chi connectivity index (χ0v) is 12.1. The quantitative estimate of drug-likeness (QED) is 0.844. The van der Waals surface area contributed by atoms with E-state index in [-0.39, 0.29) is 5.82 Å². The third-order valence-corrected chi connectivity index (χ3v) is 3.79. The van der Waals surface area contributed by atoms with Gasteiger partial charge in [-0.3, -0.25) is 0 Å². The zero-order chi connectivity index (χ0) is 14.0. The Kier molecular flexibility index (Phi) is 4.69. The molecule has 1 unspecified atom stereocenters. The number of rotatable bonds is 3. The summed E-state index contributed by atoms with van der Waals surface area (Å²) in [6, 6.07) is 8.94. The van der Waals surface area contributed by atoms with Crippen LogP contribution < -0.4 is 5.73 Å². The molecular weight excluding hydrogens is 308 g/mol. The lowest BCUT2D eigenvalue weighted by molar-refractivity contribution is 0.580. The molecule has 0 saturated carbocycles. The molecule has 0 fully saturated rings. The summed E-state index contributed by atoms with van der Waals surface area (Å²) in [6.07, 6.45) is 0.343. The van der Waals surface area contributed by atoms with Crippen molar-refractivity contribution in [3.05, 3.63) is 68.4 Å². The molecule has 2 aromatic rings. The summed E-state index contributed by atoms with van der Waals surface area (Å²) in [6.45, 7) is 0. The summed E-state index contributed by atoms with van der Waals surface area (Å²) < 4.78 is 13.7. The van der Waals surface area contributed by atoms with Gasteiger partial charge in [-0.25, -0.2) is 4.39 Å². The molecule has 0 radical (unpaired) electrons. The molecule has 19 heavy (non-hydrogen) atoms. The highest BCUT2D eigenvalue weighted by molar-refractivity contribution is 6.36. The number of nitrogens with two attached hydrogens (primary N) is 1. The molecular formula is C14H11Cl3FN. The monoisotopic (exact) mass is 317 g/mol. The second-order valence-electron chi connectivity index (χ2n) is 4.18. The van der Waals surface area contributed by atoms with Crippen LogP contribution in [0.5, 0.6) is 0 Å². The van der Waals surface area contributed by atoms with Crippen molar-refractivity contribution in [3.8, 4) is 0 Å². The van der Waals surface area contributed by atoms with E-state index in [1.165, 1.54) is 18.2 Å². The maximum absolute atomic E-state index is 13.7. The molecule has 0 saturated heterocycles. The molecule has 5 heteroatoms. The van der Waals surface area contributed by atoms with Gasteiger partial charge < -0.3 is 5.73 Å². The van der Waals surface area contributed by atoms with Crippen LogP contribution in [0.1, 0.15) is 17.2 Å². The molecule has 0 aliphatic carbocycles. The molecule has 0 aromatic heterocycles. The molecule has 2 N–H and O–H groups in total. The predicted molar refractivity (Wildman–Crippen MR) is 78.5 cm³/mol. The van der Waals surface area contributed by atoms with E-state index in [2.05, 4.69) is 0 Å². The van der Waals surface area contributed by atoms with Crippen LogP contribution in [0.2, 0.25) is 15.1 Å². The number of benzene rings is 2. The molecule has 0 bridgehead atoms. The third kappa shape index (κ3) is 3.40. The first-order chi connectivity index (χ1) is 8.99. The van der Waals surface area contributed by atoms with Crippen LogP contribution in [0.4, 0.5) is 4.39 Å². The Bertz CT molecular complexity index is 581. The highest BCUT2D eigenvalue weighted by Gasteiger charge is 2.16. The molecule has 2 rings (SSSR count). The first-order valence-corrected chi connectivity index (χ1v) is 6.76. The van der Waals surface area contributed by atoms with Crippen molar-refractivity contribution in [1.29, 1.82) is 0 Å². The minimum atomic E-state index is -0.559. The molecule has 0 aliphatic rings. The standard InChI is InChI=1S/C14H11Cl3FN/c15-8-4-5-13(18)10(6-8)14(19)7-9-11(16)2-1-3-12(9)17/h1-6,14H,7,19H2. The van der Waals surface area contributed by atoms with E-state index >= 15 is 0 Å². The molecule has 0 amide bonds. The van der Waals surface area contributed by atoms with Crippen molar-refractivity contribution in [2.75, 3.05) is 0 Å². The van der Waals surface area contributed by atoms with Crippen LogP contribution in [-0.4, -0.2) is 0 Å². The molecule has 0 spiro atoms. The molecule has 1 atom stereocenters. The summed E-state index contributed by atoms with van der Waals surface area (Å²) in [5.41, 5.74) is 7.08. The SMILES string of the molecule is NC(Cc1c(Cl)cccc1Cl)c1cc(Cl)ccc1F. The van der Waals surface area contributed by atoms with Gasteiger partial charge in [0.2, 0.25) is 0 Å². The zero-order valence-electron chi connectivity index (χ0n) is 9.84. The predicted octanol–water partition coefficient (Wildman–Crippen LogP) is 5.03. The van der Waals surface area contributed by atoms with Gasteiger partial charge in [-0.05, 0) is 42.3 Å². The van der Waals surface area contributed by atoms with Crippen molar-refractivity contribution in [2.24, 2.45) is 5.73 Å². The molecule has 0 heterocycles. The molecule has 1 nitrogen and oxygen atoms in total. The Hall–Kier alpha value is -0.800. The fraction of sp³-hybridized carbons (Fsp3) is 0.143. The van der Waals surface area contributed by atoms with Crippen LogP contribution in [0.25, 0.3) is 0 Å². The van der Waals surface area contributed by atoms with Gasteiger partial charge in [0.25, 0.3) is 0 Å². The van der Waals surface area contributed by atoms with Crippen molar-refractivity contribution in [1.82, 2.24) is 0 Å². The van der Waals surface area contributed by atoms with Crippen LogP contribution in [0.15, 0.2) is 36.4 Å². The minimum absolute atomic E-state index is 0.343. The van der Waals surface area contributed by atoms with E-state index in [0.717, 1.165) is 0 Å². The number of hydrogen-bond donors (Lipinski definition) is 1. The van der Waals surface area contributed by atoms with E-state index in [1.54, 1.807) is 18.2 Å². The van der Waals surface area contributed by atoms with E-state index in [1.807, 2.05) is 0 Å². The Morgan fingerprint density at radius 2 is 1.68 bits per heavy atom. The molecule has 0 aliphatic heterocycles. The van der Waals surface area contributed by atoms with Gasteiger partial charge in [-0.1, -0.05) is 40.9 Å². The highest BCUT2D eigenvalue weighted by Crippen LogP contribution is 2.30. The smallest absolute Gasteiger partial charge is 0.128 e. The Morgan fingerprint density at radius 3 is 2.32 bits per heavy atom. The number of hydrogen-bond acceptors (Lipinski definition) is 1. The Balaban J connectivity index is 2.31. The lowest BCUT2D eigenvalue weighted by Gasteiger charge is -2.15. The number of halogens is 4. The lowest BCUT2D eigenvalue weighted by Crippen LogP contribution is -2.15. The van der Waals surface area contributed by atoms with Gasteiger partial charge in [-0.2, -0.15) is 0 Å². The average molecular weight is 319 g/mol. The maximum atomic E-state index is 13.7. The van der Waals surface area contributed by atoms with Gasteiger partial charge in [0.05, 0.1) is 0 Å². The lowest BCUT2D eigenvalue weighted by atomic mass is 9.99. The Labute approximate surface area is 126 Å². The highest BCUT2D eigenvalue weighted by atomic mass is 35.5. The van der Waals surface area contributed by atoms with Crippen molar-refractivity contribution >= 4 is 34.8 Å². The second-order valence-corrected chi connectivity index (χ2v) is 5.43. The normalized spacial score (nSPS) is 12.5. The van der Waals surface area contributed by atoms with Gasteiger partial charge in [-0.15, -0.1) is 0 Å².